The lowest BCUT2D eigenvalue weighted by atomic mass is 10.1. The smallest absolute Gasteiger partial charge is 0.255 e. The van der Waals surface area contributed by atoms with Gasteiger partial charge in [-0.3, -0.25) is 4.79 Å². The number of aromatic nitrogens is 2. The number of anilines is 1. The molecule has 164 valence electrons. The van der Waals surface area contributed by atoms with E-state index in [4.69, 9.17) is 14.2 Å². The summed E-state index contributed by atoms with van der Waals surface area (Å²) in [4.78, 5) is 17.4. The Labute approximate surface area is 186 Å². The van der Waals surface area contributed by atoms with Gasteiger partial charge in [-0.25, -0.2) is 4.98 Å². The van der Waals surface area contributed by atoms with Crippen LogP contribution in [0.4, 0.5) is 5.69 Å². The lowest BCUT2D eigenvalue weighted by molar-refractivity contribution is 0.102. The number of nitrogens with zero attached hydrogens (tertiary/aromatic N) is 2. The van der Waals surface area contributed by atoms with Crippen molar-refractivity contribution in [1.29, 1.82) is 0 Å². The molecular weight excluding hydrogens is 406 g/mol. The number of ether oxygens (including phenoxy) is 3. The number of hydrogen-bond acceptors (Lipinski definition) is 5. The summed E-state index contributed by atoms with van der Waals surface area (Å²) < 4.78 is 18.1. The van der Waals surface area contributed by atoms with E-state index in [0.717, 1.165) is 11.0 Å². The Morgan fingerprint density at radius 1 is 0.938 bits per heavy atom. The van der Waals surface area contributed by atoms with Crippen LogP contribution in [-0.4, -0.2) is 36.8 Å². The van der Waals surface area contributed by atoms with Gasteiger partial charge in [-0.1, -0.05) is 30.3 Å². The van der Waals surface area contributed by atoms with Crippen LogP contribution in [0.5, 0.6) is 17.2 Å². The van der Waals surface area contributed by atoms with E-state index < -0.39 is 0 Å². The van der Waals surface area contributed by atoms with Gasteiger partial charge in [0.1, 0.15) is 0 Å². The fourth-order valence-electron chi connectivity index (χ4n) is 3.73. The molecule has 3 aromatic carbocycles. The summed E-state index contributed by atoms with van der Waals surface area (Å²) in [6.07, 6.45) is 1.83. The highest BCUT2D eigenvalue weighted by Gasteiger charge is 2.18. The number of rotatable bonds is 7. The molecule has 1 aromatic heterocycles. The number of carbonyl (C=O) groups is 1. The van der Waals surface area contributed by atoms with Gasteiger partial charge in [0.15, 0.2) is 11.5 Å². The monoisotopic (exact) mass is 431 g/mol. The van der Waals surface area contributed by atoms with Gasteiger partial charge in [0.25, 0.3) is 5.91 Å². The number of hydrogen-bond donors (Lipinski definition) is 1. The summed E-state index contributed by atoms with van der Waals surface area (Å²) in [5, 5.41) is 2.92. The minimum atomic E-state index is -0.291. The van der Waals surface area contributed by atoms with Gasteiger partial charge in [-0.05, 0) is 42.8 Å². The Hall–Kier alpha value is -4.00. The predicted molar refractivity (Wildman–Crippen MR) is 124 cm³/mol. The summed E-state index contributed by atoms with van der Waals surface area (Å²) in [5.74, 6) is 0.980. The highest BCUT2D eigenvalue weighted by atomic mass is 16.5. The van der Waals surface area contributed by atoms with E-state index in [-0.39, 0.29) is 11.9 Å². The third-order valence-electron chi connectivity index (χ3n) is 5.46. The molecule has 0 saturated carbocycles. The molecule has 0 bridgehead atoms. The number of imidazole rings is 1. The molecule has 1 atom stereocenters. The molecule has 0 radical (unpaired) electrons. The Bertz CT molecular complexity index is 1230. The van der Waals surface area contributed by atoms with Crippen molar-refractivity contribution < 1.29 is 19.0 Å². The first-order valence-electron chi connectivity index (χ1n) is 10.2. The van der Waals surface area contributed by atoms with Gasteiger partial charge >= 0.3 is 0 Å². The molecule has 0 aliphatic rings. The molecule has 7 heteroatoms. The molecule has 0 aliphatic carbocycles. The molecular formula is C25H25N3O4. The van der Waals surface area contributed by atoms with E-state index in [2.05, 4.69) is 33.9 Å². The normalized spacial score (nSPS) is 11.8. The van der Waals surface area contributed by atoms with E-state index in [9.17, 15) is 4.79 Å². The summed E-state index contributed by atoms with van der Waals surface area (Å²) in [6.45, 7) is 2.14. The van der Waals surface area contributed by atoms with Crippen LogP contribution in [-0.2, 0) is 0 Å². The Kier molecular flexibility index (Phi) is 5.98. The largest absolute Gasteiger partial charge is 0.493 e. The summed E-state index contributed by atoms with van der Waals surface area (Å²) in [7, 11) is 4.55. The molecule has 0 unspecified atom stereocenters. The Morgan fingerprint density at radius 2 is 1.62 bits per heavy atom. The lowest BCUT2D eigenvalue weighted by Gasteiger charge is -2.15. The lowest BCUT2D eigenvalue weighted by Crippen LogP contribution is -2.12. The van der Waals surface area contributed by atoms with E-state index >= 15 is 0 Å². The Balaban J connectivity index is 1.60. The van der Waals surface area contributed by atoms with Crippen LogP contribution in [0.2, 0.25) is 0 Å². The number of fused-ring (bicyclic) bond motifs is 1. The maximum Gasteiger partial charge on any atom is 0.255 e. The second kappa shape index (κ2) is 9.01. The number of nitrogens with one attached hydrogen (secondary N) is 1. The van der Waals surface area contributed by atoms with Gasteiger partial charge in [-0.2, -0.15) is 0 Å². The third kappa shape index (κ3) is 3.97. The number of amides is 1. The highest BCUT2D eigenvalue weighted by Crippen LogP contribution is 2.38. The van der Waals surface area contributed by atoms with Crippen LogP contribution in [0.25, 0.3) is 11.0 Å². The van der Waals surface area contributed by atoms with Crippen molar-refractivity contribution in [3.8, 4) is 17.2 Å². The SMILES string of the molecule is COc1cc(C(=O)Nc2ccc3c(c2)ncn3[C@@H](C)c2ccccc2)cc(OC)c1OC. The highest BCUT2D eigenvalue weighted by molar-refractivity contribution is 6.05. The van der Waals surface area contributed by atoms with Crippen LogP contribution < -0.4 is 19.5 Å². The summed E-state index contributed by atoms with van der Waals surface area (Å²) in [6, 6.07) is 19.3. The number of methoxy groups -OCH3 is 3. The first-order valence-corrected chi connectivity index (χ1v) is 10.2. The average molecular weight is 431 g/mol. The molecule has 0 aliphatic heterocycles. The van der Waals surface area contributed by atoms with Gasteiger partial charge in [0.2, 0.25) is 5.75 Å². The van der Waals surface area contributed by atoms with E-state index in [0.29, 0.717) is 28.5 Å². The maximum absolute atomic E-state index is 12.9. The molecule has 1 heterocycles. The quantitative estimate of drug-likeness (QED) is 0.449. The fourth-order valence-corrected chi connectivity index (χ4v) is 3.73. The Morgan fingerprint density at radius 3 is 2.25 bits per heavy atom. The third-order valence-corrected chi connectivity index (χ3v) is 5.46. The average Bonchev–Trinajstić information content (AvgIpc) is 3.26. The molecule has 0 spiro atoms. The zero-order chi connectivity index (χ0) is 22.7. The van der Waals surface area contributed by atoms with Crippen molar-refractivity contribution >= 4 is 22.6 Å². The molecule has 32 heavy (non-hydrogen) atoms. The zero-order valence-electron chi connectivity index (χ0n) is 18.5. The number of carbonyl (C=O) groups excluding carboxylic acids is 1. The van der Waals surface area contributed by atoms with E-state index in [1.165, 1.54) is 26.9 Å². The molecule has 4 rings (SSSR count). The molecule has 0 fully saturated rings. The van der Waals surface area contributed by atoms with Crippen LogP contribution in [0.1, 0.15) is 28.9 Å². The van der Waals surface area contributed by atoms with Gasteiger partial charge in [0, 0.05) is 11.3 Å². The second-order valence-corrected chi connectivity index (χ2v) is 7.31. The van der Waals surface area contributed by atoms with Crippen molar-refractivity contribution in [2.75, 3.05) is 26.6 Å². The minimum Gasteiger partial charge on any atom is -0.493 e. The van der Waals surface area contributed by atoms with Crippen LogP contribution >= 0.6 is 0 Å². The topological polar surface area (TPSA) is 74.6 Å². The maximum atomic E-state index is 12.9. The molecule has 0 saturated heterocycles. The summed E-state index contributed by atoms with van der Waals surface area (Å²) >= 11 is 0. The van der Waals surface area contributed by atoms with Crippen molar-refractivity contribution in [3.63, 3.8) is 0 Å². The van der Waals surface area contributed by atoms with Crippen LogP contribution in [0.15, 0.2) is 67.0 Å². The van der Waals surface area contributed by atoms with Gasteiger partial charge < -0.3 is 24.1 Å². The predicted octanol–water partition coefficient (Wildman–Crippen LogP) is 4.92. The second-order valence-electron chi connectivity index (χ2n) is 7.31. The standard InChI is InChI=1S/C25H25N3O4/c1-16(17-8-6-5-7-9-17)28-15-26-20-14-19(10-11-21(20)28)27-25(29)18-12-22(30-2)24(32-4)23(13-18)31-3/h5-16H,1-4H3,(H,27,29)/t16-/m0/s1. The van der Waals surface area contributed by atoms with E-state index in [1.54, 1.807) is 12.1 Å². The molecule has 4 aromatic rings. The van der Waals surface area contributed by atoms with E-state index in [1.807, 2.05) is 42.7 Å². The molecule has 1 amide bonds. The van der Waals surface area contributed by atoms with Crippen LogP contribution in [0.3, 0.4) is 0 Å². The first-order chi connectivity index (χ1) is 15.5. The molecule has 1 N–H and O–H groups in total. The molecule has 7 nitrogen and oxygen atoms in total. The van der Waals surface area contributed by atoms with Crippen molar-refractivity contribution in [3.05, 3.63) is 78.1 Å². The van der Waals surface area contributed by atoms with Crippen molar-refractivity contribution in [1.82, 2.24) is 9.55 Å². The van der Waals surface area contributed by atoms with Gasteiger partial charge in [0.05, 0.1) is 44.7 Å². The minimum absolute atomic E-state index is 0.140. The first kappa shape index (κ1) is 21.2. The summed E-state index contributed by atoms with van der Waals surface area (Å²) in [5.41, 5.74) is 4.03. The fraction of sp³-hybridized carbons (Fsp3) is 0.200. The van der Waals surface area contributed by atoms with Gasteiger partial charge in [-0.15, -0.1) is 0 Å². The van der Waals surface area contributed by atoms with Crippen molar-refractivity contribution in [2.24, 2.45) is 0 Å². The van der Waals surface area contributed by atoms with Crippen LogP contribution in [0, 0.1) is 0 Å². The zero-order valence-corrected chi connectivity index (χ0v) is 18.5. The van der Waals surface area contributed by atoms with Crippen molar-refractivity contribution in [2.45, 2.75) is 13.0 Å². The number of benzene rings is 3.